The van der Waals surface area contributed by atoms with Crippen LogP contribution >= 0.6 is 0 Å². The number of rotatable bonds is 8. The van der Waals surface area contributed by atoms with Crippen LogP contribution in [-0.2, 0) is 0 Å². The first-order valence-corrected chi connectivity index (χ1v) is 13.1. The van der Waals surface area contributed by atoms with Crippen molar-refractivity contribution in [1.29, 1.82) is 0 Å². The number of piperidine rings is 1. The van der Waals surface area contributed by atoms with Gasteiger partial charge in [-0.25, -0.2) is 4.79 Å². The van der Waals surface area contributed by atoms with Gasteiger partial charge in [0.1, 0.15) is 0 Å². The molecule has 4 rings (SSSR count). The molecule has 2 aliphatic heterocycles. The average Bonchev–Trinajstić information content (AvgIpc) is 3.02. The highest BCUT2D eigenvalue weighted by molar-refractivity contribution is 5.91. The summed E-state index contributed by atoms with van der Waals surface area (Å²) in [5, 5.41) is 13.9. The summed E-state index contributed by atoms with van der Waals surface area (Å²) < 4.78 is 0. The van der Waals surface area contributed by atoms with Gasteiger partial charge in [-0.3, -0.25) is 15.0 Å². The van der Waals surface area contributed by atoms with E-state index >= 15 is 0 Å². The van der Waals surface area contributed by atoms with Crippen LogP contribution in [0, 0.1) is 15.5 Å². The van der Waals surface area contributed by atoms with Gasteiger partial charge in [-0.05, 0) is 69.0 Å². The molecule has 1 fully saturated rings. The Hall–Kier alpha value is -3.71. The first-order chi connectivity index (χ1) is 18.0. The molecule has 2 heterocycles. The van der Waals surface area contributed by atoms with Crippen LogP contribution in [0.25, 0.3) is 0 Å². The van der Waals surface area contributed by atoms with Crippen molar-refractivity contribution >= 4 is 17.4 Å². The number of likely N-dealkylation sites (tertiary alicyclic amines) is 1. The maximum atomic E-state index is 13.4. The molecule has 1 aliphatic carbocycles. The topological polar surface area (TPSA) is 78.7 Å². The lowest BCUT2D eigenvalue weighted by molar-refractivity contribution is -0.384. The molecule has 0 radical (unpaired) electrons. The molecule has 0 atom stereocenters. The van der Waals surface area contributed by atoms with Crippen molar-refractivity contribution in [2.45, 2.75) is 39.0 Å². The number of amides is 2. The van der Waals surface area contributed by atoms with E-state index in [1.54, 1.807) is 12.1 Å². The molecule has 1 saturated heterocycles. The van der Waals surface area contributed by atoms with Crippen molar-refractivity contribution in [2.75, 3.05) is 31.5 Å². The molecule has 7 heteroatoms. The van der Waals surface area contributed by atoms with E-state index in [1.165, 1.54) is 17.7 Å². The van der Waals surface area contributed by atoms with Crippen LogP contribution in [0.1, 0.15) is 39.0 Å². The highest BCUT2D eigenvalue weighted by Gasteiger charge is 2.46. The van der Waals surface area contributed by atoms with Gasteiger partial charge in [0.2, 0.25) is 0 Å². The number of nitro groups is 1. The number of nitrogens with zero attached hydrogens (tertiary/aromatic N) is 3. The summed E-state index contributed by atoms with van der Waals surface area (Å²) in [6.07, 6.45) is 21.7. The first kappa shape index (κ1) is 26.4. The second kappa shape index (κ2) is 12.0. The fourth-order valence-corrected chi connectivity index (χ4v) is 5.40. The summed E-state index contributed by atoms with van der Waals surface area (Å²) in [6.45, 7) is 9.82. The number of benzene rings is 1. The summed E-state index contributed by atoms with van der Waals surface area (Å²) in [5.41, 5.74) is 3.89. The van der Waals surface area contributed by atoms with Gasteiger partial charge in [-0.2, -0.15) is 0 Å². The van der Waals surface area contributed by atoms with E-state index in [9.17, 15) is 14.9 Å². The molecule has 0 aromatic heterocycles. The average molecular weight is 501 g/mol. The highest BCUT2D eigenvalue weighted by Crippen LogP contribution is 2.47. The SMILES string of the molecule is C=CC1=C(/C=C\CC)N(C(=O)Nc2ccc([N+](=O)[O-])cc2)CC12CCN(CCC1=CC=CC=CC1)CC2. The summed E-state index contributed by atoms with van der Waals surface area (Å²) in [4.78, 5) is 28.3. The third-order valence-electron chi connectivity index (χ3n) is 7.52. The summed E-state index contributed by atoms with van der Waals surface area (Å²) in [5.74, 6) is 0. The van der Waals surface area contributed by atoms with Crippen molar-refractivity contribution in [3.05, 3.63) is 106 Å². The van der Waals surface area contributed by atoms with E-state index in [-0.39, 0.29) is 17.1 Å². The lowest BCUT2D eigenvalue weighted by atomic mass is 9.73. The largest absolute Gasteiger partial charge is 0.326 e. The quantitative estimate of drug-likeness (QED) is 0.316. The standard InChI is InChI=1S/C30H36N4O3/c1-3-5-12-28-27(4-2)30(18-21-32(22-19-30)20-17-24-10-8-6-7-9-11-24)23-33(28)29(35)31-25-13-15-26(16-14-25)34(36)37/h4-10,12-16H,2-3,11,17-23H2,1H3,(H,31,35)/b12-5-. The number of nitro benzene ring substituents is 1. The van der Waals surface area contributed by atoms with Crippen molar-refractivity contribution in [1.82, 2.24) is 9.80 Å². The molecule has 1 aromatic rings. The molecule has 3 aliphatic rings. The smallest absolute Gasteiger partial charge is 0.308 e. The van der Waals surface area contributed by atoms with Crippen LogP contribution in [0.15, 0.2) is 96.3 Å². The molecule has 7 nitrogen and oxygen atoms in total. The minimum Gasteiger partial charge on any atom is -0.308 e. The number of carbonyl (C=O) groups is 1. The predicted octanol–water partition coefficient (Wildman–Crippen LogP) is 6.76. The molecule has 194 valence electrons. The Labute approximate surface area is 219 Å². The van der Waals surface area contributed by atoms with Gasteiger partial charge in [0.05, 0.1) is 4.92 Å². The molecule has 0 unspecified atom stereocenters. The first-order valence-electron chi connectivity index (χ1n) is 13.1. The molecule has 1 N–H and O–H groups in total. The van der Waals surface area contributed by atoms with E-state index in [0.29, 0.717) is 12.2 Å². The fourth-order valence-electron chi connectivity index (χ4n) is 5.40. The van der Waals surface area contributed by atoms with E-state index < -0.39 is 4.92 Å². The number of hydrogen-bond acceptors (Lipinski definition) is 4. The molecule has 37 heavy (non-hydrogen) atoms. The van der Waals surface area contributed by atoms with Gasteiger partial charge < -0.3 is 10.2 Å². The van der Waals surface area contributed by atoms with Gasteiger partial charge in [-0.15, -0.1) is 0 Å². The van der Waals surface area contributed by atoms with Gasteiger partial charge in [0.25, 0.3) is 5.69 Å². The van der Waals surface area contributed by atoms with Gasteiger partial charge in [-0.1, -0.05) is 61.6 Å². The van der Waals surface area contributed by atoms with Crippen LogP contribution in [0.2, 0.25) is 0 Å². The highest BCUT2D eigenvalue weighted by atomic mass is 16.6. The van der Waals surface area contributed by atoms with Crippen LogP contribution in [-0.4, -0.2) is 46.9 Å². The number of hydrogen-bond donors (Lipinski definition) is 1. The van der Waals surface area contributed by atoms with Crippen LogP contribution in [0.4, 0.5) is 16.2 Å². The molecule has 0 saturated carbocycles. The third kappa shape index (κ3) is 6.17. The van der Waals surface area contributed by atoms with Gasteiger partial charge in [0, 0.05) is 42.0 Å². The predicted molar refractivity (Wildman–Crippen MR) is 149 cm³/mol. The monoisotopic (exact) mass is 500 g/mol. The van der Waals surface area contributed by atoms with Crippen LogP contribution in [0.3, 0.4) is 0 Å². The van der Waals surface area contributed by atoms with Crippen molar-refractivity contribution in [3.63, 3.8) is 0 Å². The Morgan fingerprint density at radius 1 is 1.19 bits per heavy atom. The van der Waals surface area contributed by atoms with E-state index in [0.717, 1.165) is 63.0 Å². The van der Waals surface area contributed by atoms with Crippen LogP contribution in [0.5, 0.6) is 0 Å². The Morgan fingerprint density at radius 3 is 2.62 bits per heavy atom. The number of anilines is 1. The normalized spacial score (nSPS) is 19.4. The lowest BCUT2D eigenvalue weighted by Gasteiger charge is -2.40. The molecule has 1 aromatic carbocycles. The number of urea groups is 1. The zero-order chi connectivity index (χ0) is 26.3. The summed E-state index contributed by atoms with van der Waals surface area (Å²) in [6, 6.07) is 5.70. The molecular weight excluding hydrogens is 464 g/mol. The third-order valence-corrected chi connectivity index (χ3v) is 7.52. The van der Waals surface area contributed by atoms with Crippen LogP contribution < -0.4 is 5.32 Å². The second-order valence-electron chi connectivity index (χ2n) is 9.85. The molecule has 1 spiro atoms. The van der Waals surface area contributed by atoms with Gasteiger partial charge in [0.15, 0.2) is 0 Å². The maximum Gasteiger partial charge on any atom is 0.326 e. The number of carbonyl (C=O) groups excluding carboxylic acids is 1. The zero-order valence-electron chi connectivity index (χ0n) is 21.6. The second-order valence-corrected chi connectivity index (χ2v) is 9.85. The molecule has 0 bridgehead atoms. The van der Waals surface area contributed by atoms with Crippen molar-refractivity contribution in [2.24, 2.45) is 5.41 Å². The lowest BCUT2D eigenvalue weighted by Crippen LogP contribution is -2.44. The Bertz CT molecular complexity index is 1170. The van der Waals surface area contributed by atoms with Crippen molar-refractivity contribution < 1.29 is 9.72 Å². The minimum absolute atomic E-state index is 0.00597. The van der Waals surface area contributed by atoms with E-state index in [4.69, 9.17) is 0 Å². The van der Waals surface area contributed by atoms with Gasteiger partial charge >= 0.3 is 6.03 Å². The maximum absolute atomic E-state index is 13.4. The number of nitrogens with one attached hydrogen (secondary N) is 1. The zero-order valence-corrected chi connectivity index (χ0v) is 21.6. The molecular formula is C30H36N4O3. The number of allylic oxidation sites excluding steroid dienone is 8. The minimum atomic E-state index is -0.448. The molecule has 2 amide bonds. The Morgan fingerprint density at radius 2 is 1.95 bits per heavy atom. The Kier molecular flexibility index (Phi) is 8.56. The summed E-state index contributed by atoms with van der Waals surface area (Å²) >= 11 is 0. The van der Waals surface area contributed by atoms with Crippen molar-refractivity contribution in [3.8, 4) is 0 Å². The van der Waals surface area contributed by atoms with E-state index in [1.807, 2.05) is 17.1 Å². The van der Waals surface area contributed by atoms with E-state index in [2.05, 4.69) is 60.2 Å². The number of non-ortho nitro benzene ring substituents is 1. The fraction of sp³-hybridized carbons (Fsp3) is 0.367. The Balaban J connectivity index is 1.46. The summed E-state index contributed by atoms with van der Waals surface area (Å²) in [7, 11) is 0.